The zero-order chi connectivity index (χ0) is 28.7. The lowest BCUT2D eigenvalue weighted by molar-refractivity contribution is -0.142. The van der Waals surface area contributed by atoms with E-state index in [0.29, 0.717) is 34.9 Å². The van der Waals surface area contributed by atoms with Crippen molar-refractivity contribution >= 4 is 17.7 Å². The molecule has 0 atom stereocenters. The van der Waals surface area contributed by atoms with Gasteiger partial charge in [0.15, 0.2) is 5.76 Å². The molecule has 0 unspecified atom stereocenters. The predicted octanol–water partition coefficient (Wildman–Crippen LogP) is 7.23. The van der Waals surface area contributed by atoms with Crippen molar-refractivity contribution in [3.63, 3.8) is 0 Å². The molecule has 40 heavy (non-hydrogen) atoms. The van der Waals surface area contributed by atoms with Crippen molar-refractivity contribution < 1.29 is 36.8 Å². The van der Waals surface area contributed by atoms with E-state index in [1.807, 2.05) is 48.5 Å². The van der Waals surface area contributed by atoms with E-state index in [9.17, 15) is 22.8 Å². The highest BCUT2D eigenvalue weighted by Gasteiger charge is 2.30. The first-order valence-electron chi connectivity index (χ1n) is 12.6. The molecule has 0 aliphatic heterocycles. The second-order valence-electron chi connectivity index (χ2n) is 8.94. The Balaban J connectivity index is 1.37. The summed E-state index contributed by atoms with van der Waals surface area (Å²) in [6.45, 7) is 3.66. The molecular weight excluding hydrogens is 525 g/mol. The minimum Gasteiger partial charge on any atom is -0.466 e. The third kappa shape index (κ3) is 7.28. The molecular formula is C30H27F3N2O5. The molecule has 0 fully saturated rings. The number of benzene rings is 3. The highest BCUT2D eigenvalue weighted by Crippen LogP contribution is 2.33. The monoisotopic (exact) mass is 552 g/mol. The number of hydrogen-bond donors (Lipinski definition) is 1. The Kier molecular flexibility index (Phi) is 8.88. The average molecular weight is 553 g/mol. The quantitative estimate of drug-likeness (QED) is 0.220. The zero-order valence-electron chi connectivity index (χ0n) is 21.9. The van der Waals surface area contributed by atoms with Crippen molar-refractivity contribution in [2.75, 3.05) is 18.5 Å². The van der Waals surface area contributed by atoms with Crippen LogP contribution in [0.15, 0.2) is 77.3 Å². The maximum atomic E-state index is 12.9. The Morgan fingerprint density at radius 3 is 2.20 bits per heavy atom. The van der Waals surface area contributed by atoms with Crippen LogP contribution in [0.3, 0.4) is 0 Å². The molecule has 0 radical (unpaired) electrons. The van der Waals surface area contributed by atoms with Gasteiger partial charge in [0.2, 0.25) is 0 Å². The normalized spacial score (nSPS) is 11.2. The lowest BCUT2D eigenvalue weighted by Crippen LogP contribution is -2.16. The van der Waals surface area contributed by atoms with Crippen LogP contribution in [0, 0.1) is 6.92 Å². The molecule has 7 nitrogen and oxygen atoms in total. The molecule has 1 heterocycles. The summed E-state index contributed by atoms with van der Waals surface area (Å²) in [5.74, 6) is 0.0645. The zero-order valence-corrected chi connectivity index (χ0v) is 21.9. The first-order chi connectivity index (χ1) is 19.1. The minimum atomic E-state index is -4.44. The summed E-state index contributed by atoms with van der Waals surface area (Å²) < 4.78 is 54.3. The number of nitrogens with one attached hydrogen (secondary N) is 1. The number of nitrogens with zero attached hydrogens (tertiary/aromatic N) is 1. The molecule has 208 valence electrons. The van der Waals surface area contributed by atoms with Crippen LogP contribution in [-0.2, 0) is 33.3 Å². The molecule has 1 amide bonds. The van der Waals surface area contributed by atoms with Gasteiger partial charge in [0.05, 0.1) is 25.2 Å². The number of rotatable bonds is 9. The third-order valence-corrected chi connectivity index (χ3v) is 6.06. The average Bonchev–Trinajstić information content (AvgIpc) is 3.28. The van der Waals surface area contributed by atoms with Gasteiger partial charge in [-0.25, -0.2) is 4.79 Å². The second kappa shape index (κ2) is 12.5. The van der Waals surface area contributed by atoms with Gasteiger partial charge in [-0.15, -0.1) is 0 Å². The van der Waals surface area contributed by atoms with Crippen molar-refractivity contribution in [3.05, 3.63) is 95.2 Å². The summed E-state index contributed by atoms with van der Waals surface area (Å²) in [5, 5.41) is 6.57. The lowest BCUT2D eigenvalue weighted by atomic mass is 10.0. The van der Waals surface area contributed by atoms with Crippen LogP contribution in [0.2, 0.25) is 0 Å². The first-order valence-corrected chi connectivity index (χ1v) is 12.6. The molecule has 0 saturated heterocycles. The fraction of sp³-hybridized carbons (Fsp3) is 0.233. The Hall–Kier alpha value is -4.60. The van der Waals surface area contributed by atoms with Crippen LogP contribution in [0.1, 0.15) is 29.3 Å². The number of amides is 1. The number of carbonyl (C=O) groups excluding carboxylic acids is 2. The molecule has 4 aromatic rings. The van der Waals surface area contributed by atoms with Crippen molar-refractivity contribution in [2.45, 2.75) is 32.9 Å². The molecule has 3 aromatic carbocycles. The summed E-state index contributed by atoms with van der Waals surface area (Å²) >= 11 is 0. The predicted molar refractivity (Wildman–Crippen MR) is 143 cm³/mol. The number of ether oxygens (including phenoxy) is 2. The summed E-state index contributed by atoms with van der Waals surface area (Å²) in [5.41, 5.74) is 3.83. The number of halogens is 3. The van der Waals surface area contributed by atoms with Crippen LogP contribution in [0.5, 0.6) is 0 Å². The van der Waals surface area contributed by atoms with Gasteiger partial charge >= 0.3 is 18.2 Å². The molecule has 0 saturated carbocycles. The van der Waals surface area contributed by atoms with Gasteiger partial charge < -0.3 is 14.0 Å². The van der Waals surface area contributed by atoms with Gasteiger partial charge in [0, 0.05) is 12.0 Å². The summed E-state index contributed by atoms with van der Waals surface area (Å²) in [6.07, 6.45) is -4.89. The Labute approximate surface area is 228 Å². The van der Waals surface area contributed by atoms with Crippen molar-refractivity contribution in [1.82, 2.24) is 5.16 Å². The van der Waals surface area contributed by atoms with Crippen molar-refractivity contribution in [1.29, 1.82) is 0 Å². The van der Waals surface area contributed by atoms with E-state index in [1.54, 1.807) is 19.9 Å². The number of carbonyl (C=O) groups is 2. The highest BCUT2D eigenvalue weighted by atomic mass is 19.4. The highest BCUT2D eigenvalue weighted by molar-refractivity contribution is 5.91. The van der Waals surface area contributed by atoms with Crippen molar-refractivity contribution in [2.24, 2.45) is 0 Å². The van der Waals surface area contributed by atoms with Gasteiger partial charge in [-0.1, -0.05) is 71.9 Å². The summed E-state index contributed by atoms with van der Waals surface area (Å²) in [4.78, 5) is 24.1. The van der Waals surface area contributed by atoms with Crippen LogP contribution >= 0.6 is 0 Å². The molecule has 0 aliphatic rings. The van der Waals surface area contributed by atoms with Gasteiger partial charge in [-0.05, 0) is 42.2 Å². The first kappa shape index (κ1) is 28.4. The lowest BCUT2D eigenvalue weighted by Gasteiger charge is -2.10. The van der Waals surface area contributed by atoms with E-state index in [0.717, 1.165) is 28.8 Å². The smallest absolute Gasteiger partial charge is 0.416 e. The van der Waals surface area contributed by atoms with E-state index >= 15 is 0 Å². The van der Waals surface area contributed by atoms with Gasteiger partial charge in [-0.2, -0.15) is 13.2 Å². The maximum absolute atomic E-state index is 12.9. The molecule has 1 aromatic heterocycles. The van der Waals surface area contributed by atoms with Gasteiger partial charge in [0.25, 0.3) is 0 Å². The summed E-state index contributed by atoms with van der Waals surface area (Å²) in [6, 6.07) is 19.9. The number of esters is 1. The number of anilines is 1. The molecule has 0 spiro atoms. The number of hydrogen-bond acceptors (Lipinski definition) is 6. The number of aryl methyl sites for hydroxylation is 1. The van der Waals surface area contributed by atoms with Gasteiger partial charge in [-0.3, -0.25) is 10.1 Å². The van der Waals surface area contributed by atoms with Gasteiger partial charge in [0.1, 0.15) is 11.4 Å². The van der Waals surface area contributed by atoms with E-state index in [2.05, 4.69) is 10.5 Å². The van der Waals surface area contributed by atoms with Crippen molar-refractivity contribution in [3.8, 4) is 22.5 Å². The van der Waals surface area contributed by atoms with Crippen LogP contribution < -0.4 is 5.32 Å². The number of aromatic nitrogens is 1. The molecule has 1 N–H and O–H groups in total. The molecule has 0 aliphatic carbocycles. The Bertz CT molecular complexity index is 1460. The minimum absolute atomic E-state index is 0.111. The summed E-state index contributed by atoms with van der Waals surface area (Å²) in [7, 11) is 0. The molecule has 10 heteroatoms. The largest absolute Gasteiger partial charge is 0.466 e. The maximum Gasteiger partial charge on any atom is 0.416 e. The third-order valence-electron chi connectivity index (χ3n) is 6.06. The van der Waals surface area contributed by atoms with E-state index in [-0.39, 0.29) is 25.4 Å². The van der Waals surface area contributed by atoms with E-state index in [4.69, 9.17) is 14.0 Å². The standard InChI is InChI=1S/C30H27F3N2O5/c1-3-38-26(36)18-21-7-9-22(10-8-21)23-11-13-24(14-12-23)28-27(19(2)35-40-28)34-29(37)39-16-15-20-5-4-6-25(17-20)30(31,32)33/h4-14,17H,3,15-16,18H2,1-2H3,(H,34,37). The van der Waals surface area contributed by atoms with Crippen LogP contribution in [0.25, 0.3) is 22.5 Å². The Morgan fingerprint density at radius 2 is 1.55 bits per heavy atom. The van der Waals surface area contributed by atoms with E-state index < -0.39 is 17.8 Å². The fourth-order valence-electron chi connectivity index (χ4n) is 4.02. The SMILES string of the molecule is CCOC(=O)Cc1ccc(-c2ccc(-c3onc(C)c3NC(=O)OCCc3cccc(C(F)(F)F)c3)cc2)cc1. The molecule has 4 rings (SSSR count). The van der Waals surface area contributed by atoms with Crippen LogP contribution in [0.4, 0.5) is 23.7 Å². The van der Waals surface area contributed by atoms with E-state index in [1.165, 1.54) is 6.07 Å². The second-order valence-corrected chi connectivity index (χ2v) is 8.94. The number of alkyl halides is 3. The topological polar surface area (TPSA) is 90.7 Å². The molecule has 0 bridgehead atoms. The Morgan fingerprint density at radius 1 is 0.900 bits per heavy atom. The fourth-order valence-corrected chi connectivity index (χ4v) is 4.02. The van der Waals surface area contributed by atoms with Crippen LogP contribution in [-0.4, -0.2) is 30.4 Å².